The van der Waals surface area contributed by atoms with Gasteiger partial charge in [-0.2, -0.15) is 13.2 Å². The van der Waals surface area contributed by atoms with Gasteiger partial charge in [0.05, 0.1) is 12.6 Å². The van der Waals surface area contributed by atoms with E-state index in [9.17, 15) is 18.0 Å². The van der Waals surface area contributed by atoms with Gasteiger partial charge in [0.2, 0.25) is 5.91 Å². The van der Waals surface area contributed by atoms with Crippen LogP contribution in [0.25, 0.3) is 0 Å². The maximum absolute atomic E-state index is 12.4. The van der Waals surface area contributed by atoms with Gasteiger partial charge in [-0.1, -0.05) is 0 Å². The molecule has 0 radical (unpaired) electrons. The van der Waals surface area contributed by atoms with Crippen LogP contribution in [0, 0.1) is 0 Å². The minimum Gasteiger partial charge on any atom is -0.339 e. The normalized spacial score (nSPS) is 24.1. The average Bonchev–Trinajstić information content (AvgIpc) is 2.46. The van der Waals surface area contributed by atoms with Crippen LogP contribution < -0.4 is 5.32 Å². The number of nitrogens with one attached hydrogen (secondary N) is 1. The smallest absolute Gasteiger partial charge is 0.339 e. The number of hydrogen-bond donors (Lipinski definition) is 1. The summed E-state index contributed by atoms with van der Waals surface area (Å²) in [7, 11) is 0. The fraction of sp³-hybridized carbons (Fsp3) is 0.923. The lowest BCUT2D eigenvalue weighted by atomic mass is 10.2. The molecule has 2 aliphatic rings. The van der Waals surface area contributed by atoms with Crippen molar-refractivity contribution in [2.45, 2.75) is 19.1 Å². The number of alkyl halides is 3. The van der Waals surface area contributed by atoms with Gasteiger partial charge in [0.15, 0.2) is 0 Å². The molecule has 2 rings (SSSR count). The zero-order valence-electron chi connectivity index (χ0n) is 12.3. The lowest BCUT2D eigenvalue weighted by Gasteiger charge is -2.39. The van der Waals surface area contributed by atoms with Crippen molar-refractivity contribution < 1.29 is 18.0 Å². The molecule has 0 spiro atoms. The molecule has 1 N–H and O–H groups in total. The van der Waals surface area contributed by atoms with E-state index >= 15 is 0 Å². The predicted molar refractivity (Wildman–Crippen MR) is 73.0 cm³/mol. The van der Waals surface area contributed by atoms with Crippen LogP contribution in [0.15, 0.2) is 0 Å². The molecule has 2 aliphatic heterocycles. The van der Waals surface area contributed by atoms with Crippen molar-refractivity contribution in [1.82, 2.24) is 20.0 Å². The summed E-state index contributed by atoms with van der Waals surface area (Å²) in [4.78, 5) is 17.6. The lowest BCUT2D eigenvalue weighted by molar-refractivity contribution is -0.153. The van der Waals surface area contributed by atoms with E-state index in [1.807, 2.05) is 6.92 Å². The first-order chi connectivity index (χ1) is 9.87. The highest BCUT2D eigenvalue weighted by Gasteiger charge is 2.34. The molecule has 8 heteroatoms. The van der Waals surface area contributed by atoms with Gasteiger partial charge in [-0.15, -0.1) is 0 Å². The first-order valence-electron chi connectivity index (χ1n) is 7.39. The van der Waals surface area contributed by atoms with E-state index in [1.165, 1.54) is 4.90 Å². The molecule has 1 unspecified atom stereocenters. The van der Waals surface area contributed by atoms with Crippen LogP contribution in [-0.4, -0.2) is 91.7 Å². The number of piperazine rings is 2. The van der Waals surface area contributed by atoms with Crippen molar-refractivity contribution in [3.8, 4) is 0 Å². The molecular formula is C13H23F3N4O. The van der Waals surface area contributed by atoms with Gasteiger partial charge < -0.3 is 10.2 Å². The van der Waals surface area contributed by atoms with Gasteiger partial charge in [0.1, 0.15) is 0 Å². The topological polar surface area (TPSA) is 38.8 Å². The van der Waals surface area contributed by atoms with Crippen molar-refractivity contribution in [3.63, 3.8) is 0 Å². The molecule has 2 heterocycles. The number of carbonyl (C=O) groups is 1. The molecule has 0 aromatic rings. The fourth-order valence-corrected chi connectivity index (χ4v) is 2.87. The van der Waals surface area contributed by atoms with Crippen molar-refractivity contribution in [2.75, 3.05) is 58.9 Å². The molecule has 0 aliphatic carbocycles. The van der Waals surface area contributed by atoms with Crippen LogP contribution in [-0.2, 0) is 4.79 Å². The van der Waals surface area contributed by atoms with Crippen molar-refractivity contribution in [2.24, 2.45) is 0 Å². The summed E-state index contributed by atoms with van der Waals surface area (Å²) in [5.74, 6) is 0.0311. The molecule has 0 aromatic carbocycles. The summed E-state index contributed by atoms with van der Waals surface area (Å²) in [5, 5.41) is 3.24. The first kappa shape index (κ1) is 16.5. The zero-order valence-corrected chi connectivity index (χ0v) is 12.3. The Labute approximate surface area is 123 Å². The Morgan fingerprint density at radius 3 is 2.19 bits per heavy atom. The second kappa shape index (κ2) is 6.93. The SMILES string of the molecule is CC(C(=O)N1CCN(CC(F)(F)F)CC1)N1CCNCC1. The largest absolute Gasteiger partial charge is 0.401 e. The van der Waals surface area contributed by atoms with E-state index in [0.717, 1.165) is 26.2 Å². The summed E-state index contributed by atoms with van der Waals surface area (Å²) in [6, 6.07) is -0.193. The molecule has 0 bridgehead atoms. The summed E-state index contributed by atoms with van der Waals surface area (Å²) >= 11 is 0. The van der Waals surface area contributed by atoms with Gasteiger partial charge in [-0.25, -0.2) is 0 Å². The summed E-state index contributed by atoms with van der Waals surface area (Å²) < 4.78 is 37.0. The third-order valence-corrected chi connectivity index (χ3v) is 4.14. The number of nitrogens with zero attached hydrogens (tertiary/aromatic N) is 3. The van der Waals surface area contributed by atoms with Crippen molar-refractivity contribution in [1.29, 1.82) is 0 Å². The second-order valence-corrected chi connectivity index (χ2v) is 5.68. The maximum atomic E-state index is 12.4. The predicted octanol–water partition coefficient (Wildman–Crippen LogP) is -0.0134. The van der Waals surface area contributed by atoms with E-state index in [-0.39, 0.29) is 11.9 Å². The van der Waals surface area contributed by atoms with E-state index in [1.54, 1.807) is 4.90 Å². The minimum atomic E-state index is -4.17. The van der Waals surface area contributed by atoms with Gasteiger partial charge in [-0.3, -0.25) is 14.6 Å². The Balaban J connectivity index is 1.79. The van der Waals surface area contributed by atoms with Gasteiger partial charge >= 0.3 is 6.18 Å². The molecule has 21 heavy (non-hydrogen) atoms. The number of hydrogen-bond acceptors (Lipinski definition) is 4. The summed E-state index contributed by atoms with van der Waals surface area (Å²) in [6.45, 7) is 5.75. The molecule has 2 fully saturated rings. The minimum absolute atomic E-state index is 0.0311. The zero-order chi connectivity index (χ0) is 15.5. The third-order valence-electron chi connectivity index (χ3n) is 4.14. The van der Waals surface area contributed by atoms with Gasteiger partial charge in [0, 0.05) is 52.4 Å². The van der Waals surface area contributed by atoms with E-state index < -0.39 is 12.7 Å². The van der Waals surface area contributed by atoms with E-state index in [0.29, 0.717) is 26.2 Å². The van der Waals surface area contributed by atoms with Gasteiger partial charge in [-0.05, 0) is 6.92 Å². The van der Waals surface area contributed by atoms with Crippen molar-refractivity contribution >= 4 is 5.91 Å². The monoisotopic (exact) mass is 308 g/mol. The molecule has 1 atom stereocenters. The van der Waals surface area contributed by atoms with Crippen LogP contribution in [0.3, 0.4) is 0 Å². The number of amides is 1. The van der Waals surface area contributed by atoms with Gasteiger partial charge in [0.25, 0.3) is 0 Å². The highest BCUT2D eigenvalue weighted by Crippen LogP contribution is 2.18. The van der Waals surface area contributed by atoms with Crippen LogP contribution >= 0.6 is 0 Å². The number of halogens is 3. The highest BCUT2D eigenvalue weighted by atomic mass is 19.4. The van der Waals surface area contributed by atoms with Crippen LogP contribution in [0.2, 0.25) is 0 Å². The third kappa shape index (κ3) is 4.82. The molecular weight excluding hydrogens is 285 g/mol. The van der Waals surface area contributed by atoms with E-state index in [2.05, 4.69) is 10.2 Å². The summed E-state index contributed by atoms with van der Waals surface area (Å²) in [6.07, 6.45) is -4.17. The summed E-state index contributed by atoms with van der Waals surface area (Å²) in [5.41, 5.74) is 0. The Kier molecular flexibility index (Phi) is 5.45. The number of rotatable bonds is 3. The first-order valence-corrected chi connectivity index (χ1v) is 7.39. The molecule has 2 saturated heterocycles. The average molecular weight is 308 g/mol. The molecule has 5 nitrogen and oxygen atoms in total. The van der Waals surface area contributed by atoms with Crippen LogP contribution in [0.5, 0.6) is 0 Å². The highest BCUT2D eigenvalue weighted by molar-refractivity contribution is 5.81. The number of carbonyl (C=O) groups excluding carboxylic acids is 1. The molecule has 0 aromatic heterocycles. The molecule has 122 valence electrons. The Hall–Kier alpha value is -0.860. The van der Waals surface area contributed by atoms with Crippen LogP contribution in [0.1, 0.15) is 6.92 Å². The molecule has 1 amide bonds. The quantitative estimate of drug-likeness (QED) is 0.796. The Morgan fingerprint density at radius 1 is 1.10 bits per heavy atom. The van der Waals surface area contributed by atoms with E-state index in [4.69, 9.17) is 0 Å². The standard InChI is InChI=1S/C13H23F3N4O/c1-11(19-4-2-17-3-5-19)12(21)20-8-6-18(7-9-20)10-13(14,15)16/h11,17H,2-10H2,1H3. The Morgan fingerprint density at radius 2 is 1.67 bits per heavy atom. The second-order valence-electron chi connectivity index (χ2n) is 5.68. The van der Waals surface area contributed by atoms with Crippen LogP contribution in [0.4, 0.5) is 13.2 Å². The lowest BCUT2D eigenvalue weighted by Crippen LogP contribution is -2.57. The maximum Gasteiger partial charge on any atom is 0.401 e. The Bertz CT molecular complexity index is 350. The molecule has 0 saturated carbocycles. The van der Waals surface area contributed by atoms with Crippen molar-refractivity contribution in [3.05, 3.63) is 0 Å². The fourth-order valence-electron chi connectivity index (χ4n) is 2.87.